The van der Waals surface area contributed by atoms with Crippen molar-refractivity contribution in [2.75, 3.05) is 48.1 Å². The Bertz CT molecular complexity index is 2850. The van der Waals surface area contributed by atoms with E-state index in [1.54, 1.807) is 30.3 Å². The first-order chi connectivity index (χ1) is 37.7. The van der Waals surface area contributed by atoms with Gasteiger partial charge in [0, 0.05) is 47.4 Å². The molecule has 0 aromatic heterocycles. The average molecular weight is 1540 g/mol. The van der Waals surface area contributed by atoms with Crippen molar-refractivity contribution >= 4 is 120 Å². The molecule has 3 unspecified atom stereocenters. The van der Waals surface area contributed by atoms with E-state index in [2.05, 4.69) is 101 Å². The molecule has 0 radical (unpaired) electrons. The van der Waals surface area contributed by atoms with E-state index < -0.39 is 38.1 Å². The van der Waals surface area contributed by atoms with Crippen LogP contribution in [0.2, 0.25) is 0 Å². The smallest absolute Gasteiger partial charge is 0.394 e. The zero-order chi connectivity index (χ0) is 61.4. The molecule has 478 valence electrons. The van der Waals surface area contributed by atoms with Gasteiger partial charge >= 0.3 is 34.3 Å². The van der Waals surface area contributed by atoms with Gasteiger partial charge < -0.3 is 35.5 Å². The van der Waals surface area contributed by atoms with Crippen molar-refractivity contribution in [3.05, 3.63) is 205 Å². The van der Waals surface area contributed by atoms with Crippen LogP contribution >= 0.6 is 79.6 Å². The summed E-state index contributed by atoms with van der Waals surface area (Å²) in [4.78, 5) is 73.9. The fraction of sp³-hybridized carbons (Fsp3) is 0.351. The summed E-state index contributed by atoms with van der Waals surface area (Å²) in [6, 6.07) is 37.6. The molecule has 0 saturated carbocycles. The first-order valence-corrected chi connectivity index (χ1v) is 28.2. The number of ether oxygens (including phenoxy) is 3. The van der Waals surface area contributed by atoms with E-state index in [9.17, 15) is 34.1 Å². The van der Waals surface area contributed by atoms with Gasteiger partial charge in [0.1, 0.15) is 0 Å². The highest BCUT2D eigenvalue weighted by Gasteiger charge is 2.26. The Labute approximate surface area is 542 Å². The number of carbonyl (C=O) groups is 5. The highest BCUT2D eigenvalue weighted by atomic mass is 79.9. The monoisotopic (exact) mass is 1540 g/mol. The average Bonchev–Trinajstić information content (AvgIpc) is 3.84. The maximum atomic E-state index is 11.6. The van der Waals surface area contributed by atoms with E-state index >= 15 is 0 Å². The fourth-order valence-electron chi connectivity index (χ4n) is 6.32. The van der Waals surface area contributed by atoms with Crippen LogP contribution < -0.4 is 11.1 Å². The molecule has 85 heavy (non-hydrogen) atoms. The molecule has 1 fully saturated rings. The molecule has 1 aliphatic heterocycles. The summed E-state index contributed by atoms with van der Waals surface area (Å²) in [6.45, 7) is 3.87. The molecule has 5 aromatic rings. The highest BCUT2D eigenvalue weighted by Crippen LogP contribution is 2.27. The number of benzene rings is 5. The van der Waals surface area contributed by atoms with Crippen molar-refractivity contribution in [3.8, 4) is 0 Å². The summed E-state index contributed by atoms with van der Waals surface area (Å²) >= 11 is 16.6. The lowest BCUT2D eigenvalue weighted by Crippen LogP contribution is -2.18. The number of nitrogens with one attached hydrogen (secondary N) is 1. The first-order valence-electron chi connectivity index (χ1n) is 22.9. The topological polar surface area (TPSA) is 352 Å². The van der Waals surface area contributed by atoms with E-state index in [0.717, 1.165) is 64.7 Å². The first kappa shape index (κ1) is 92.9. The lowest BCUT2D eigenvalue weighted by molar-refractivity contribution is -0.480. The molecule has 0 spiro atoms. The zero-order valence-electron chi connectivity index (χ0n) is 43.5. The number of hydrogen-bond acceptors (Lipinski definition) is 16. The van der Waals surface area contributed by atoms with Crippen molar-refractivity contribution in [2.24, 2.45) is 5.73 Å². The van der Waals surface area contributed by atoms with Crippen LogP contribution in [0, 0.1) is 20.2 Å². The summed E-state index contributed by atoms with van der Waals surface area (Å²) in [6.07, 6.45) is 2.70. The molecule has 6 rings (SSSR count). The van der Waals surface area contributed by atoms with Gasteiger partial charge in [-0.15, -0.1) is 0 Å². The number of amides is 1. The quantitative estimate of drug-likeness (QED) is 0.0186. The Morgan fingerprint density at radius 2 is 1.04 bits per heavy atom. The van der Waals surface area contributed by atoms with Crippen LogP contribution in [0.5, 0.6) is 0 Å². The standard InChI is InChI=1S/C11H12BrNO4.C11H14BrNO2.C10H10BrNO.C9H9BrO2.C8H7BrO2.C2H3NO2.CH4O.5CH4.H2O4S/c1-17-11(14)10(5-6-13(15)16)8-3-2-4-9(12)7-8;1-15-11(14)10(5-6-13)8-3-2-4-9(12)7-8;11-8-3-1-2-7(6-8)9-4-5-12-10(9)13;1-12-9(11)6-7-3-2-4-8(10)5-7;9-7-3-1-2-6(4-7)5-8(10)11;1-2-3(4)5;1-2;;;;;;1-5(2,3)4/h2-4,7,10H,5-6H2,1H3;2-4,7,10H,5-6,13H2,1H3;1-3,6,9H,4-5H2,(H,12,13);2-5H,6H2,1H3;1-4H,5H2,(H,10,11);2H,1H2;2H,1H3;5*1H4;(H2,1,2,3,4). The predicted octanol–water partition coefficient (Wildman–Crippen LogP) is 13.3. The van der Waals surface area contributed by atoms with Gasteiger partial charge in [0.2, 0.25) is 18.7 Å². The third kappa shape index (κ3) is 47.1. The van der Waals surface area contributed by atoms with Crippen LogP contribution in [-0.2, 0) is 61.4 Å². The summed E-state index contributed by atoms with van der Waals surface area (Å²) in [5, 5.41) is 37.7. The van der Waals surface area contributed by atoms with Gasteiger partial charge in [-0.1, -0.05) is 177 Å². The van der Waals surface area contributed by atoms with Crippen molar-refractivity contribution < 1.29 is 75.8 Å². The molecule has 1 heterocycles. The highest BCUT2D eigenvalue weighted by molar-refractivity contribution is 9.11. The molecule has 1 saturated heterocycles. The van der Waals surface area contributed by atoms with E-state index in [4.69, 9.17) is 48.3 Å². The maximum absolute atomic E-state index is 11.6. The number of carbonyl (C=O) groups excluding carboxylic acids is 4. The van der Waals surface area contributed by atoms with Gasteiger partial charge in [-0.2, -0.15) is 8.42 Å². The molecule has 7 N–H and O–H groups in total. The molecule has 5 aromatic carbocycles. The minimum absolute atomic E-state index is 0. The normalized spacial score (nSPS) is 11.5. The van der Waals surface area contributed by atoms with Crippen molar-refractivity contribution in [1.82, 2.24) is 5.32 Å². The number of aliphatic carboxylic acids is 1. The Hall–Kier alpha value is -5.82. The summed E-state index contributed by atoms with van der Waals surface area (Å²) in [5.74, 6) is -2.37. The number of carboxylic acids is 1. The van der Waals surface area contributed by atoms with Crippen LogP contribution in [-0.4, -0.2) is 115 Å². The second kappa shape index (κ2) is 53.6. The Morgan fingerprint density at radius 3 is 1.34 bits per heavy atom. The van der Waals surface area contributed by atoms with Crippen LogP contribution in [0.3, 0.4) is 0 Å². The number of carboxylic acid groups (broad SMARTS) is 1. The van der Waals surface area contributed by atoms with Crippen molar-refractivity contribution in [2.45, 2.75) is 87.0 Å². The van der Waals surface area contributed by atoms with Crippen molar-refractivity contribution in [3.63, 3.8) is 0 Å². The lowest BCUT2D eigenvalue weighted by atomic mass is 9.96. The molecule has 3 atom stereocenters. The van der Waals surface area contributed by atoms with E-state index in [-0.39, 0.29) is 86.2 Å². The van der Waals surface area contributed by atoms with Gasteiger partial charge in [0.05, 0.1) is 56.8 Å². The van der Waals surface area contributed by atoms with Gasteiger partial charge in [-0.25, -0.2) is 0 Å². The van der Waals surface area contributed by atoms with E-state index in [1.165, 1.54) is 21.3 Å². The second-order valence-corrected chi connectivity index (χ2v) is 20.8. The zero-order valence-corrected chi connectivity index (χ0v) is 52.2. The van der Waals surface area contributed by atoms with Crippen molar-refractivity contribution in [1.29, 1.82) is 0 Å². The lowest BCUT2D eigenvalue weighted by Gasteiger charge is -2.14. The summed E-state index contributed by atoms with van der Waals surface area (Å²) in [5.41, 5.74) is 9.99. The molecule has 22 nitrogen and oxygen atoms in total. The van der Waals surface area contributed by atoms with Gasteiger partial charge in [0.25, 0.3) is 0 Å². The molecule has 0 aliphatic carbocycles. The SMILES string of the molecule is C.C.C.C.C.C=C[N+](=O)[O-].CO.COC(=O)C(CCN)c1cccc(Br)c1.COC(=O)C(CC[N+](=O)[O-])c1cccc(Br)c1.COC(=O)Cc1cccc(Br)c1.O=C(O)Cc1cccc(Br)c1.O=C1NCCC1c1cccc(Br)c1.O=S(=O)(O)O. The van der Waals surface area contributed by atoms with Crippen LogP contribution in [0.4, 0.5) is 0 Å². The number of methoxy groups -OCH3 is 3. The number of rotatable bonds is 15. The molecule has 0 bridgehead atoms. The second-order valence-electron chi connectivity index (χ2n) is 15.4. The number of aliphatic hydroxyl groups excluding tert-OH is 1. The number of nitro groups is 2. The third-order valence-electron chi connectivity index (χ3n) is 9.69. The Kier molecular flexibility index (Phi) is 58.6. The van der Waals surface area contributed by atoms with Gasteiger partial charge in [-0.05, 0) is 114 Å². The molecular formula is C57H81Br5N4O18S. The minimum atomic E-state index is -4.67. The molecule has 1 aliphatic rings. The largest absolute Gasteiger partial charge is 0.481 e. The number of nitrogens with two attached hydrogens (primary N) is 1. The summed E-state index contributed by atoms with van der Waals surface area (Å²) in [7, 11) is 0.392. The van der Waals surface area contributed by atoms with E-state index in [1.807, 2.05) is 91.0 Å². The van der Waals surface area contributed by atoms with Gasteiger partial charge in [0.15, 0.2) is 0 Å². The predicted molar refractivity (Wildman–Crippen MR) is 351 cm³/mol. The molecular weight excluding hydrogens is 1460 g/mol. The Morgan fingerprint density at radius 1 is 0.671 bits per heavy atom. The van der Waals surface area contributed by atoms with E-state index in [0.29, 0.717) is 31.1 Å². The number of hydrogen-bond donors (Lipinski definition) is 6. The summed E-state index contributed by atoms with van der Waals surface area (Å²) < 4.78 is 50.2. The van der Waals surface area contributed by atoms with Crippen LogP contribution in [0.1, 0.15) is 102 Å². The Balaban J connectivity index is -0.000000169. The fourth-order valence-corrected chi connectivity index (χ4v) is 8.46. The molecule has 1 amide bonds. The molecule has 28 heteroatoms. The van der Waals surface area contributed by atoms with Crippen LogP contribution in [0.15, 0.2) is 156 Å². The third-order valence-corrected chi connectivity index (χ3v) is 12.2. The van der Waals surface area contributed by atoms with Gasteiger partial charge in [-0.3, -0.25) is 53.3 Å². The van der Waals surface area contributed by atoms with Crippen LogP contribution in [0.25, 0.3) is 0 Å². The maximum Gasteiger partial charge on any atom is 0.394 e. The minimum Gasteiger partial charge on any atom is -0.481 e. The number of esters is 3. The number of nitrogens with zero attached hydrogens (tertiary/aromatic N) is 2. The number of aliphatic hydroxyl groups is 1. The number of halogens is 5.